The quantitative estimate of drug-likeness (QED) is 0.746. The highest BCUT2D eigenvalue weighted by atomic mass is 32.2. The first-order chi connectivity index (χ1) is 7.19. The molecule has 0 spiro atoms. The zero-order chi connectivity index (χ0) is 10.8. The number of hydrogen-bond donors (Lipinski definition) is 0. The van der Waals surface area contributed by atoms with Gasteiger partial charge in [-0.2, -0.15) is 0 Å². The summed E-state index contributed by atoms with van der Waals surface area (Å²) < 4.78 is 5.70. The largest absolute Gasteiger partial charge is 0.372 e. The highest BCUT2D eigenvalue weighted by Crippen LogP contribution is 2.27. The van der Waals surface area contributed by atoms with Crippen molar-refractivity contribution in [3.8, 4) is 0 Å². The molecule has 1 fully saturated rings. The minimum Gasteiger partial charge on any atom is -0.372 e. The lowest BCUT2D eigenvalue weighted by Gasteiger charge is -2.35. The van der Waals surface area contributed by atoms with Gasteiger partial charge in [0.15, 0.2) is 5.13 Å². The number of nitrogens with zero attached hydrogens (tertiary/aromatic N) is 2. The van der Waals surface area contributed by atoms with Gasteiger partial charge in [0.1, 0.15) is 5.03 Å². The van der Waals surface area contributed by atoms with Gasteiger partial charge in [-0.05, 0) is 20.1 Å². The van der Waals surface area contributed by atoms with Crippen molar-refractivity contribution < 1.29 is 4.74 Å². The van der Waals surface area contributed by atoms with Gasteiger partial charge in [0.05, 0.1) is 12.2 Å². The van der Waals surface area contributed by atoms with Crippen molar-refractivity contribution >= 4 is 28.2 Å². The Morgan fingerprint density at radius 2 is 2.13 bits per heavy atom. The lowest BCUT2D eigenvalue weighted by Crippen LogP contribution is -2.45. The molecule has 0 saturated carbocycles. The molecule has 0 N–H and O–H groups in total. The molecule has 0 aliphatic carbocycles. The highest BCUT2D eigenvalue weighted by molar-refractivity contribution is 7.98. The van der Waals surface area contributed by atoms with Gasteiger partial charge in [-0.15, -0.1) is 23.1 Å². The summed E-state index contributed by atoms with van der Waals surface area (Å²) >= 11 is 3.42. The second-order valence-corrected chi connectivity index (χ2v) is 5.50. The first-order valence-corrected chi connectivity index (χ1v) is 7.19. The van der Waals surface area contributed by atoms with E-state index in [1.807, 2.05) is 0 Å². The third-order valence-corrected chi connectivity index (χ3v) is 4.05. The van der Waals surface area contributed by atoms with Crippen LogP contribution in [0.4, 0.5) is 5.13 Å². The van der Waals surface area contributed by atoms with Gasteiger partial charge < -0.3 is 9.64 Å². The van der Waals surface area contributed by atoms with Crippen LogP contribution in [0.15, 0.2) is 10.4 Å². The first-order valence-electron chi connectivity index (χ1n) is 5.09. The fourth-order valence-electron chi connectivity index (χ4n) is 1.82. The third kappa shape index (κ3) is 2.65. The van der Waals surface area contributed by atoms with Crippen molar-refractivity contribution in [3.63, 3.8) is 0 Å². The van der Waals surface area contributed by atoms with Gasteiger partial charge in [-0.3, -0.25) is 0 Å². The summed E-state index contributed by atoms with van der Waals surface area (Å²) in [7, 11) is 0. The van der Waals surface area contributed by atoms with Crippen LogP contribution in [-0.4, -0.2) is 36.5 Å². The van der Waals surface area contributed by atoms with Gasteiger partial charge >= 0.3 is 0 Å². The smallest absolute Gasteiger partial charge is 0.186 e. The number of thioether (sulfide) groups is 1. The number of anilines is 1. The van der Waals surface area contributed by atoms with E-state index in [1.54, 1.807) is 23.1 Å². The molecule has 2 atom stereocenters. The van der Waals surface area contributed by atoms with E-state index in [0.29, 0.717) is 12.2 Å². The maximum atomic E-state index is 5.70. The Morgan fingerprint density at radius 3 is 2.67 bits per heavy atom. The van der Waals surface area contributed by atoms with Gasteiger partial charge in [-0.1, -0.05) is 0 Å². The van der Waals surface area contributed by atoms with Crippen LogP contribution in [0.25, 0.3) is 0 Å². The fraction of sp³-hybridized carbons (Fsp3) is 0.700. The van der Waals surface area contributed by atoms with Crippen LogP contribution in [0.2, 0.25) is 0 Å². The minimum atomic E-state index is 0.301. The summed E-state index contributed by atoms with van der Waals surface area (Å²) in [6.07, 6.45) is 2.66. The maximum absolute atomic E-state index is 5.70. The summed E-state index contributed by atoms with van der Waals surface area (Å²) in [5.41, 5.74) is 0. The standard InChI is InChI=1S/C10H16N2OS2/c1-7-4-12(5-8(2)13-7)10-11-9(14-3)6-15-10/h6-8H,4-5H2,1-3H3. The van der Waals surface area contributed by atoms with Crippen molar-refractivity contribution in [1.29, 1.82) is 0 Å². The maximum Gasteiger partial charge on any atom is 0.186 e. The Morgan fingerprint density at radius 1 is 1.47 bits per heavy atom. The second-order valence-electron chi connectivity index (χ2n) is 3.83. The Hall–Kier alpha value is -0.260. The van der Waals surface area contributed by atoms with E-state index in [1.165, 1.54) is 0 Å². The summed E-state index contributed by atoms with van der Waals surface area (Å²) in [6.45, 7) is 6.13. The minimum absolute atomic E-state index is 0.301. The number of hydrogen-bond acceptors (Lipinski definition) is 5. The number of morpholine rings is 1. The Bertz CT molecular complexity index is 319. The lowest BCUT2D eigenvalue weighted by molar-refractivity contribution is -0.00524. The first kappa shape index (κ1) is 11.2. The number of aromatic nitrogens is 1. The van der Waals surface area contributed by atoms with Crippen molar-refractivity contribution in [2.24, 2.45) is 0 Å². The van der Waals surface area contributed by atoms with Gasteiger partial charge in [-0.25, -0.2) is 4.98 Å². The van der Waals surface area contributed by atoms with E-state index in [0.717, 1.165) is 23.2 Å². The zero-order valence-corrected chi connectivity index (χ0v) is 10.9. The summed E-state index contributed by atoms with van der Waals surface area (Å²) in [4.78, 5) is 6.90. The lowest BCUT2D eigenvalue weighted by atomic mass is 10.2. The number of thiazole rings is 1. The average Bonchev–Trinajstić information content (AvgIpc) is 2.64. The number of rotatable bonds is 2. The average molecular weight is 244 g/mol. The normalized spacial score (nSPS) is 27.0. The van der Waals surface area contributed by atoms with Gasteiger partial charge in [0.2, 0.25) is 0 Å². The molecule has 1 aromatic rings. The molecular formula is C10H16N2OS2. The molecule has 0 radical (unpaired) electrons. The Kier molecular flexibility index (Phi) is 3.53. The predicted molar refractivity (Wildman–Crippen MR) is 66.1 cm³/mol. The van der Waals surface area contributed by atoms with Crippen molar-refractivity contribution in [2.75, 3.05) is 24.2 Å². The van der Waals surface area contributed by atoms with E-state index in [2.05, 4.69) is 35.4 Å². The fourth-order valence-corrected chi connectivity index (χ4v) is 3.30. The molecule has 84 valence electrons. The molecule has 3 nitrogen and oxygen atoms in total. The van der Waals surface area contributed by atoms with E-state index in [-0.39, 0.29) is 0 Å². The van der Waals surface area contributed by atoms with E-state index in [9.17, 15) is 0 Å². The second kappa shape index (κ2) is 4.72. The molecule has 1 saturated heterocycles. The van der Waals surface area contributed by atoms with E-state index >= 15 is 0 Å². The third-order valence-electron chi connectivity index (χ3n) is 2.37. The molecule has 2 rings (SSSR count). The zero-order valence-electron chi connectivity index (χ0n) is 9.27. The van der Waals surface area contributed by atoms with Crippen molar-refractivity contribution in [3.05, 3.63) is 5.38 Å². The molecule has 2 heterocycles. The SMILES string of the molecule is CSc1csc(N2CC(C)OC(C)C2)n1. The van der Waals surface area contributed by atoms with Crippen molar-refractivity contribution in [1.82, 2.24) is 4.98 Å². The predicted octanol–water partition coefficient (Wildman–Crippen LogP) is 2.48. The molecular weight excluding hydrogens is 228 g/mol. The molecule has 0 amide bonds. The van der Waals surface area contributed by atoms with Crippen LogP contribution in [0.1, 0.15) is 13.8 Å². The molecule has 2 unspecified atom stereocenters. The monoisotopic (exact) mass is 244 g/mol. The molecule has 1 aromatic heterocycles. The molecule has 5 heteroatoms. The Balaban J connectivity index is 2.09. The van der Waals surface area contributed by atoms with Crippen LogP contribution < -0.4 is 4.90 Å². The van der Waals surface area contributed by atoms with Gasteiger partial charge in [0.25, 0.3) is 0 Å². The number of ether oxygens (including phenoxy) is 1. The van der Waals surface area contributed by atoms with Crippen LogP contribution >= 0.6 is 23.1 Å². The molecule has 0 bridgehead atoms. The van der Waals surface area contributed by atoms with Crippen LogP contribution in [-0.2, 0) is 4.74 Å². The highest BCUT2D eigenvalue weighted by Gasteiger charge is 2.23. The summed E-state index contributed by atoms with van der Waals surface area (Å²) in [5, 5.41) is 4.35. The van der Waals surface area contributed by atoms with E-state index in [4.69, 9.17) is 4.74 Å². The van der Waals surface area contributed by atoms with Crippen LogP contribution in [0.3, 0.4) is 0 Å². The van der Waals surface area contributed by atoms with Gasteiger partial charge in [0, 0.05) is 18.5 Å². The molecule has 0 aromatic carbocycles. The molecule has 1 aliphatic heterocycles. The summed E-state index contributed by atoms with van der Waals surface area (Å²) in [6, 6.07) is 0. The summed E-state index contributed by atoms with van der Waals surface area (Å²) in [5.74, 6) is 0. The van der Waals surface area contributed by atoms with Crippen LogP contribution in [0.5, 0.6) is 0 Å². The molecule has 15 heavy (non-hydrogen) atoms. The molecule has 1 aliphatic rings. The van der Waals surface area contributed by atoms with E-state index < -0.39 is 0 Å². The van der Waals surface area contributed by atoms with Crippen molar-refractivity contribution in [2.45, 2.75) is 31.1 Å². The van der Waals surface area contributed by atoms with Crippen LogP contribution in [0, 0.1) is 0 Å². The Labute approximate surface area is 98.8 Å². The topological polar surface area (TPSA) is 25.4 Å².